The summed E-state index contributed by atoms with van der Waals surface area (Å²) in [5.41, 5.74) is 1.32. The van der Waals surface area contributed by atoms with E-state index in [2.05, 4.69) is 64.1 Å². The molecule has 1 heterocycles. The lowest BCUT2D eigenvalue weighted by Crippen LogP contribution is -2.20. The molecule has 0 radical (unpaired) electrons. The highest BCUT2D eigenvalue weighted by atomic mass is 127. The van der Waals surface area contributed by atoms with Gasteiger partial charge in [-0.3, -0.25) is 0 Å². The Morgan fingerprint density at radius 1 is 1.35 bits per heavy atom. The first kappa shape index (κ1) is 13.0. The molecule has 0 aliphatic rings. The van der Waals surface area contributed by atoms with Gasteiger partial charge in [-0.1, -0.05) is 19.1 Å². The Bertz CT molecular complexity index is 439. The predicted molar refractivity (Wildman–Crippen MR) is 81.1 cm³/mol. The maximum atomic E-state index is 4.37. The van der Waals surface area contributed by atoms with Crippen LogP contribution in [0.15, 0.2) is 35.8 Å². The largest absolute Gasteiger partial charge is 0.304 e. The molecule has 90 valence electrons. The predicted octanol–water partition coefficient (Wildman–Crippen LogP) is 3.99. The van der Waals surface area contributed by atoms with Crippen LogP contribution in [0.3, 0.4) is 0 Å². The van der Waals surface area contributed by atoms with Crippen molar-refractivity contribution in [3.05, 3.63) is 50.0 Å². The second-order valence-electron chi connectivity index (χ2n) is 3.84. The molecule has 0 saturated carbocycles. The zero-order valence-corrected chi connectivity index (χ0v) is 12.7. The van der Waals surface area contributed by atoms with Crippen molar-refractivity contribution in [1.29, 1.82) is 0 Å². The molecule has 0 fully saturated rings. The van der Waals surface area contributed by atoms with Gasteiger partial charge in [-0.15, -0.1) is 11.3 Å². The van der Waals surface area contributed by atoms with Crippen LogP contribution in [0.4, 0.5) is 0 Å². The van der Waals surface area contributed by atoms with Crippen LogP contribution in [-0.4, -0.2) is 4.98 Å². The lowest BCUT2D eigenvalue weighted by molar-refractivity contribution is 0.516. The normalized spacial score (nSPS) is 12.6. The molecule has 1 unspecified atom stereocenters. The minimum atomic E-state index is 0.370. The van der Waals surface area contributed by atoms with E-state index in [4.69, 9.17) is 0 Å². The fourth-order valence-corrected chi connectivity index (χ4v) is 2.81. The van der Waals surface area contributed by atoms with Gasteiger partial charge in [0.25, 0.3) is 0 Å². The zero-order valence-electron chi connectivity index (χ0n) is 9.69. The average molecular weight is 358 g/mol. The highest BCUT2D eigenvalue weighted by Crippen LogP contribution is 2.19. The zero-order chi connectivity index (χ0) is 12.1. The summed E-state index contributed by atoms with van der Waals surface area (Å²) in [7, 11) is 0. The van der Waals surface area contributed by atoms with Crippen molar-refractivity contribution in [2.24, 2.45) is 0 Å². The van der Waals surface area contributed by atoms with E-state index in [-0.39, 0.29) is 0 Å². The molecule has 2 nitrogen and oxygen atoms in total. The number of thiazole rings is 1. The summed E-state index contributed by atoms with van der Waals surface area (Å²) in [5.74, 6) is 0. The number of aromatic nitrogens is 1. The Balaban J connectivity index is 1.94. The maximum absolute atomic E-state index is 4.37. The first-order chi connectivity index (χ1) is 8.29. The van der Waals surface area contributed by atoms with Crippen molar-refractivity contribution >= 4 is 33.9 Å². The first-order valence-electron chi connectivity index (χ1n) is 5.67. The maximum Gasteiger partial charge on any atom is 0.109 e. The summed E-state index contributed by atoms with van der Waals surface area (Å²) in [5, 5.41) is 6.76. The van der Waals surface area contributed by atoms with Gasteiger partial charge >= 0.3 is 0 Å². The molecule has 2 rings (SSSR count). The molecule has 0 aliphatic heterocycles. The third-order valence-electron chi connectivity index (χ3n) is 2.62. The van der Waals surface area contributed by atoms with E-state index >= 15 is 0 Å². The van der Waals surface area contributed by atoms with Crippen LogP contribution in [-0.2, 0) is 6.54 Å². The molecule has 0 saturated heterocycles. The van der Waals surface area contributed by atoms with Gasteiger partial charge in [0, 0.05) is 21.7 Å². The third kappa shape index (κ3) is 3.76. The Morgan fingerprint density at radius 2 is 2.12 bits per heavy atom. The van der Waals surface area contributed by atoms with Gasteiger partial charge in [-0.2, -0.15) is 0 Å². The molecule has 1 N–H and O–H groups in total. The van der Waals surface area contributed by atoms with Crippen LogP contribution in [0.2, 0.25) is 0 Å². The van der Waals surface area contributed by atoms with E-state index in [9.17, 15) is 0 Å². The van der Waals surface area contributed by atoms with Crippen molar-refractivity contribution in [2.45, 2.75) is 25.9 Å². The van der Waals surface area contributed by atoms with E-state index in [0.29, 0.717) is 6.04 Å². The molecule has 0 amide bonds. The van der Waals surface area contributed by atoms with Crippen LogP contribution in [0.5, 0.6) is 0 Å². The SMILES string of the molecule is CCC(NCc1ccc(I)cc1)c1nccs1. The second-order valence-corrected chi connectivity index (χ2v) is 6.01. The molecule has 0 spiro atoms. The van der Waals surface area contributed by atoms with Gasteiger partial charge in [0.15, 0.2) is 0 Å². The molecule has 4 heteroatoms. The van der Waals surface area contributed by atoms with Crippen LogP contribution in [0.25, 0.3) is 0 Å². The summed E-state index contributed by atoms with van der Waals surface area (Å²) in [6, 6.07) is 8.99. The minimum absolute atomic E-state index is 0.370. The summed E-state index contributed by atoms with van der Waals surface area (Å²) < 4.78 is 1.28. The van der Waals surface area contributed by atoms with E-state index in [1.165, 1.54) is 14.1 Å². The smallest absolute Gasteiger partial charge is 0.109 e. The van der Waals surface area contributed by atoms with E-state index in [0.717, 1.165) is 13.0 Å². The van der Waals surface area contributed by atoms with E-state index in [1.807, 2.05) is 11.6 Å². The Labute approximate surface area is 120 Å². The molecule has 1 atom stereocenters. The topological polar surface area (TPSA) is 24.9 Å². The van der Waals surface area contributed by atoms with Gasteiger partial charge in [0.1, 0.15) is 5.01 Å². The summed E-state index contributed by atoms with van der Waals surface area (Å²) >= 11 is 4.04. The number of halogens is 1. The fraction of sp³-hybridized carbons (Fsp3) is 0.308. The number of hydrogen-bond acceptors (Lipinski definition) is 3. The van der Waals surface area contributed by atoms with Crippen molar-refractivity contribution in [3.8, 4) is 0 Å². The molecule has 1 aromatic heterocycles. The van der Waals surface area contributed by atoms with Gasteiger partial charge in [-0.05, 0) is 46.7 Å². The molecular formula is C13H15IN2S. The van der Waals surface area contributed by atoms with Crippen LogP contribution >= 0.6 is 33.9 Å². The van der Waals surface area contributed by atoms with Crippen molar-refractivity contribution in [3.63, 3.8) is 0 Å². The highest BCUT2D eigenvalue weighted by molar-refractivity contribution is 14.1. The number of nitrogens with zero attached hydrogens (tertiary/aromatic N) is 1. The fourth-order valence-electron chi connectivity index (χ4n) is 1.66. The number of hydrogen-bond donors (Lipinski definition) is 1. The summed E-state index contributed by atoms with van der Waals surface area (Å²) in [6.45, 7) is 3.09. The monoisotopic (exact) mass is 358 g/mol. The molecule has 0 aliphatic carbocycles. The average Bonchev–Trinajstić information content (AvgIpc) is 2.86. The molecular weight excluding hydrogens is 343 g/mol. The minimum Gasteiger partial charge on any atom is -0.304 e. The lowest BCUT2D eigenvalue weighted by atomic mass is 10.2. The Morgan fingerprint density at radius 3 is 2.71 bits per heavy atom. The second kappa shape index (κ2) is 6.47. The van der Waals surface area contributed by atoms with Gasteiger partial charge < -0.3 is 5.32 Å². The summed E-state index contributed by atoms with van der Waals surface area (Å²) in [6.07, 6.45) is 2.94. The number of nitrogens with one attached hydrogen (secondary N) is 1. The van der Waals surface area contributed by atoms with Crippen molar-refractivity contribution in [2.75, 3.05) is 0 Å². The molecule has 17 heavy (non-hydrogen) atoms. The van der Waals surface area contributed by atoms with Crippen LogP contribution in [0, 0.1) is 3.57 Å². The van der Waals surface area contributed by atoms with Crippen molar-refractivity contribution in [1.82, 2.24) is 10.3 Å². The Hall–Kier alpha value is -0.460. The molecule has 2 aromatic rings. The van der Waals surface area contributed by atoms with Crippen molar-refractivity contribution < 1.29 is 0 Å². The van der Waals surface area contributed by atoms with E-state index in [1.54, 1.807) is 11.3 Å². The molecule has 0 bridgehead atoms. The molecule has 1 aromatic carbocycles. The Kier molecular flexibility index (Phi) is 4.94. The third-order valence-corrected chi connectivity index (χ3v) is 4.23. The number of rotatable bonds is 5. The number of benzene rings is 1. The van der Waals surface area contributed by atoms with Gasteiger partial charge in [-0.25, -0.2) is 4.98 Å². The standard InChI is InChI=1S/C13H15IN2S/c1-2-12(13-15-7-8-17-13)16-9-10-3-5-11(14)6-4-10/h3-8,12,16H,2,9H2,1H3. The van der Waals surface area contributed by atoms with Gasteiger partial charge in [0.05, 0.1) is 6.04 Å². The van der Waals surface area contributed by atoms with Crippen LogP contribution < -0.4 is 5.32 Å². The lowest BCUT2D eigenvalue weighted by Gasteiger charge is -2.14. The quantitative estimate of drug-likeness (QED) is 0.818. The van der Waals surface area contributed by atoms with E-state index < -0.39 is 0 Å². The van der Waals surface area contributed by atoms with Crippen LogP contribution in [0.1, 0.15) is 30.0 Å². The first-order valence-corrected chi connectivity index (χ1v) is 7.62. The summed E-state index contributed by atoms with van der Waals surface area (Å²) in [4.78, 5) is 4.37. The van der Waals surface area contributed by atoms with Gasteiger partial charge in [0.2, 0.25) is 0 Å². The highest BCUT2D eigenvalue weighted by Gasteiger charge is 2.10.